The summed E-state index contributed by atoms with van der Waals surface area (Å²) in [6, 6.07) is 3.76. The Morgan fingerprint density at radius 3 is 2.86 bits per heavy atom. The van der Waals surface area contributed by atoms with Crippen LogP contribution in [0.1, 0.15) is 36.1 Å². The summed E-state index contributed by atoms with van der Waals surface area (Å²) in [7, 11) is 1.87. The summed E-state index contributed by atoms with van der Waals surface area (Å²) in [5.74, 6) is -1.83. The molecule has 0 unspecified atom stereocenters. The predicted molar refractivity (Wildman–Crippen MR) is 78.1 cm³/mol. The van der Waals surface area contributed by atoms with E-state index in [1.807, 2.05) is 19.4 Å². The fourth-order valence-electron chi connectivity index (χ4n) is 3.08. The molecule has 1 aromatic carbocycles. The SMILES string of the molecule is Cn1cc([C@@H]2CCCN2C[C@H](O)c2ccc(F)c(F)c2)cn1. The molecule has 118 valence electrons. The van der Waals surface area contributed by atoms with Crippen LogP contribution in [0.15, 0.2) is 30.6 Å². The van der Waals surface area contributed by atoms with Gasteiger partial charge in [0.2, 0.25) is 0 Å². The molecule has 22 heavy (non-hydrogen) atoms. The monoisotopic (exact) mass is 307 g/mol. The van der Waals surface area contributed by atoms with Crippen molar-refractivity contribution >= 4 is 0 Å². The lowest BCUT2D eigenvalue weighted by Crippen LogP contribution is -2.28. The highest BCUT2D eigenvalue weighted by Gasteiger charge is 2.28. The molecule has 0 aliphatic carbocycles. The van der Waals surface area contributed by atoms with Crippen LogP contribution < -0.4 is 0 Å². The lowest BCUT2D eigenvalue weighted by molar-refractivity contribution is 0.106. The number of rotatable bonds is 4. The van der Waals surface area contributed by atoms with E-state index < -0.39 is 17.7 Å². The molecule has 6 heteroatoms. The highest BCUT2D eigenvalue weighted by atomic mass is 19.2. The van der Waals surface area contributed by atoms with Crippen molar-refractivity contribution in [1.82, 2.24) is 14.7 Å². The molecule has 3 rings (SSSR count). The van der Waals surface area contributed by atoms with E-state index in [9.17, 15) is 13.9 Å². The van der Waals surface area contributed by atoms with Crippen LogP contribution in [-0.2, 0) is 7.05 Å². The maximum Gasteiger partial charge on any atom is 0.159 e. The first-order chi connectivity index (χ1) is 10.5. The minimum Gasteiger partial charge on any atom is -0.387 e. The Morgan fingerprint density at radius 1 is 1.36 bits per heavy atom. The largest absolute Gasteiger partial charge is 0.387 e. The number of aryl methyl sites for hydroxylation is 1. The van der Waals surface area contributed by atoms with Crippen LogP contribution in [-0.4, -0.2) is 32.9 Å². The first kappa shape index (κ1) is 15.1. The summed E-state index contributed by atoms with van der Waals surface area (Å²) in [6.45, 7) is 1.27. The Morgan fingerprint density at radius 2 is 2.18 bits per heavy atom. The molecule has 0 spiro atoms. The molecule has 1 saturated heterocycles. The number of likely N-dealkylation sites (tertiary alicyclic amines) is 1. The molecular formula is C16H19F2N3O. The third-order valence-corrected chi connectivity index (χ3v) is 4.21. The highest BCUT2D eigenvalue weighted by molar-refractivity contribution is 5.21. The van der Waals surface area contributed by atoms with E-state index in [-0.39, 0.29) is 6.04 Å². The van der Waals surface area contributed by atoms with Crippen LogP contribution >= 0.6 is 0 Å². The number of halogens is 2. The smallest absolute Gasteiger partial charge is 0.159 e. The van der Waals surface area contributed by atoms with Crippen molar-refractivity contribution in [3.63, 3.8) is 0 Å². The van der Waals surface area contributed by atoms with Gasteiger partial charge in [-0.05, 0) is 37.1 Å². The fourth-order valence-corrected chi connectivity index (χ4v) is 3.08. The lowest BCUT2D eigenvalue weighted by Gasteiger charge is -2.26. The minimum absolute atomic E-state index is 0.216. The number of aromatic nitrogens is 2. The van der Waals surface area contributed by atoms with Crippen molar-refractivity contribution < 1.29 is 13.9 Å². The quantitative estimate of drug-likeness (QED) is 0.944. The number of benzene rings is 1. The van der Waals surface area contributed by atoms with Gasteiger partial charge in [-0.25, -0.2) is 8.78 Å². The summed E-state index contributed by atoms with van der Waals surface area (Å²) in [5.41, 5.74) is 1.52. The molecular weight excluding hydrogens is 288 g/mol. The highest BCUT2D eigenvalue weighted by Crippen LogP contribution is 2.33. The summed E-state index contributed by atoms with van der Waals surface area (Å²) >= 11 is 0. The summed E-state index contributed by atoms with van der Waals surface area (Å²) in [5, 5.41) is 14.5. The zero-order valence-corrected chi connectivity index (χ0v) is 12.4. The Labute approximate surface area is 128 Å². The van der Waals surface area contributed by atoms with Gasteiger partial charge in [0, 0.05) is 31.4 Å². The van der Waals surface area contributed by atoms with Crippen LogP contribution in [0.5, 0.6) is 0 Å². The van der Waals surface area contributed by atoms with E-state index in [4.69, 9.17) is 0 Å². The van der Waals surface area contributed by atoms with E-state index in [2.05, 4.69) is 10.00 Å². The first-order valence-electron chi connectivity index (χ1n) is 7.40. The Balaban J connectivity index is 1.72. The molecule has 0 radical (unpaired) electrons. The standard InChI is InChI=1S/C16H19F2N3O/c1-20-9-12(8-19-20)15-3-2-6-21(15)10-16(22)11-4-5-13(17)14(18)7-11/h4-5,7-9,15-16,22H,2-3,6,10H2,1H3/t15-,16-/m0/s1. The number of β-amino-alcohol motifs (C(OH)–C–C–N with tert-alkyl or cyclic N) is 1. The van der Waals surface area contributed by atoms with E-state index >= 15 is 0 Å². The van der Waals surface area contributed by atoms with Crippen LogP contribution in [0.2, 0.25) is 0 Å². The zero-order valence-electron chi connectivity index (χ0n) is 12.4. The lowest BCUT2D eigenvalue weighted by atomic mass is 10.1. The minimum atomic E-state index is -0.929. The average Bonchev–Trinajstić information content (AvgIpc) is 3.10. The van der Waals surface area contributed by atoms with Crippen molar-refractivity contribution in [1.29, 1.82) is 0 Å². The van der Waals surface area contributed by atoms with Crippen molar-refractivity contribution in [2.45, 2.75) is 25.0 Å². The molecule has 1 N–H and O–H groups in total. The van der Waals surface area contributed by atoms with Gasteiger partial charge in [0.05, 0.1) is 12.3 Å². The maximum atomic E-state index is 13.3. The van der Waals surface area contributed by atoms with E-state index in [0.29, 0.717) is 12.1 Å². The number of hydrogen-bond acceptors (Lipinski definition) is 3. The molecule has 1 aliphatic heterocycles. The van der Waals surface area contributed by atoms with Gasteiger partial charge in [-0.3, -0.25) is 9.58 Å². The zero-order chi connectivity index (χ0) is 15.7. The topological polar surface area (TPSA) is 41.3 Å². The van der Waals surface area contributed by atoms with Gasteiger partial charge in [-0.1, -0.05) is 6.07 Å². The first-order valence-corrected chi connectivity index (χ1v) is 7.40. The number of aliphatic hydroxyl groups is 1. The van der Waals surface area contributed by atoms with E-state index in [1.165, 1.54) is 6.07 Å². The van der Waals surface area contributed by atoms with Gasteiger partial charge in [0.25, 0.3) is 0 Å². The van der Waals surface area contributed by atoms with Crippen molar-refractivity contribution in [2.75, 3.05) is 13.1 Å². The third kappa shape index (κ3) is 3.03. The van der Waals surface area contributed by atoms with Crippen LogP contribution in [0.25, 0.3) is 0 Å². The number of nitrogens with zero attached hydrogens (tertiary/aromatic N) is 3. The second-order valence-corrected chi connectivity index (χ2v) is 5.79. The molecule has 0 bridgehead atoms. The predicted octanol–water partition coefficient (Wildman–Crippen LogP) is 2.57. The second-order valence-electron chi connectivity index (χ2n) is 5.79. The van der Waals surface area contributed by atoms with Crippen molar-refractivity contribution in [3.05, 3.63) is 53.4 Å². The number of aliphatic hydroxyl groups excluding tert-OH is 1. The third-order valence-electron chi connectivity index (χ3n) is 4.21. The van der Waals surface area contributed by atoms with E-state index in [1.54, 1.807) is 4.68 Å². The summed E-state index contributed by atoms with van der Waals surface area (Å²) in [4.78, 5) is 2.17. The Bertz CT molecular complexity index is 659. The van der Waals surface area contributed by atoms with Crippen LogP contribution in [0.3, 0.4) is 0 Å². The molecule has 4 nitrogen and oxygen atoms in total. The molecule has 2 atom stereocenters. The van der Waals surface area contributed by atoms with Gasteiger partial charge in [0.1, 0.15) is 0 Å². The van der Waals surface area contributed by atoms with Gasteiger partial charge in [-0.15, -0.1) is 0 Å². The second kappa shape index (κ2) is 6.14. The van der Waals surface area contributed by atoms with Gasteiger partial charge < -0.3 is 5.11 Å². The molecule has 2 heterocycles. The Hall–Kier alpha value is -1.79. The number of hydrogen-bond donors (Lipinski definition) is 1. The Kier molecular flexibility index (Phi) is 4.22. The molecule has 1 fully saturated rings. The van der Waals surface area contributed by atoms with E-state index in [0.717, 1.165) is 37.1 Å². The van der Waals surface area contributed by atoms with Gasteiger partial charge in [-0.2, -0.15) is 5.10 Å². The fraction of sp³-hybridized carbons (Fsp3) is 0.438. The maximum absolute atomic E-state index is 13.3. The summed E-state index contributed by atoms with van der Waals surface area (Å²) in [6.07, 6.45) is 5.03. The van der Waals surface area contributed by atoms with Gasteiger partial charge in [0.15, 0.2) is 11.6 Å². The molecule has 2 aromatic rings. The summed E-state index contributed by atoms with van der Waals surface area (Å²) < 4.78 is 28.0. The van der Waals surface area contributed by atoms with Crippen molar-refractivity contribution in [3.8, 4) is 0 Å². The molecule has 1 aromatic heterocycles. The average molecular weight is 307 g/mol. The molecule has 1 aliphatic rings. The normalized spacial score (nSPS) is 20.5. The van der Waals surface area contributed by atoms with Crippen LogP contribution in [0.4, 0.5) is 8.78 Å². The van der Waals surface area contributed by atoms with Crippen molar-refractivity contribution in [2.24, 2.45) is 7.05 Å². The molecule has 0 amide bonds. The van der Waals surface area contributed by atoms with Crippen LogP contribution in [0, 0.1) is 11.6 Å². The molecule has 0 saturated carbocycles. The van der Waals surface area contributed by atoms with Gasteiger partial charge >= 0.3 is 0 Å².